The highest BCUT2D eigenvalue weighted by Gasteiger charge is 2.41. The molecule has 0 amide bonds. The second-order valence-electron chi connectivity index (χ2n) is 7.93. The molecule has 0 bridgehead atoms. The first-order valence-corrected chi connectivity index (χ1v) is 11.0. The van der Waals surface area contributed by atoms with Crippen LogP contribution in [-0.2, 0) is 6.54 Å². The molecule has 5 heterocycles. The molecule has 0 aliphatic carbocycles. The summed E-state index contributed by atoms with van der Waals surface area (Å²) in [6.45, 7) is 4.88. The number of aryl methyl sites for hydroxylation is 1. The van der Waals surface area contributed by atoms with Crippen molar-refractivity contribution >= 4 is 17.3 Å². The lowest BCUT2D eigenvalue weighted by Crippen LogP contribution is -2.29. The lowest BCUT2D eigenvalue weighted by Gasteiger charge is -2.28. The van der Waals surface area contributed by atoms with E-state index in [1.807, 2.05) is 67.1 Å². The fourth-order valence-electron chi connectivity index (χ4n) is 4.51. The summed E-state index contributed by atoms with van der Waals surface area (Å²) < 4.78 is 2.20. The fraction of sp³-hybridized carbons (Fsp3) is 0.200. The Labute approximate surface area is 193 Å². The van der Waals surface area contributed by atoms with E-state index in [1.165, 1.54) is 5.56 Å². The summed E-state index contributed by atoms with van der Waals surface area (Å²) in [5.41, 5.74) is 5.41. The van der Waals surface area contributed by atoms with Crippen LogP contribution in [0.25, 0.3) is 5.82 Å². The molecule has 0 spiro atoms. The van der Waals surface area contributed by atoms with Crippen molar-refractivity contribution in [1.82, 2.24) is 29.7 Å². The molecule has 6 nitrogen and oxygen atoms in total. The van der Waals surface area contributed by atoms with Gasteiger partial charge in [-0.05, 0) is 74.1 Å². The van der Waals surface area contributed by atoms with Crippen LogP contribution in [0.5, 0.6) is 0 Å². The number of pyridine rings is 3. The Balaban J connectivity index is 1.62. The summed E-state index contributed by atoms with van der Waals surface area (Å²) in [5.74, 6) is 0.910. The van der Waals surface area contributed by atoms with Gasteiger partial charge in [0, 0.05) is 30.0 Å². The monoisotopic (exact) mass is 440 g/mol. The first-order chi connectivity index (χ1) is 15.6. The van der Waals surface area contributed by atoms with Gasteiger partial charge in [-0.1, -0.05) is 18.2 Å². The second kappa shape index (κ2) is 8.51. The zero-order valence-corrected chi connectivity index (χ0v) is 18.8. The molecular weight excluding hydrogens is 416 g/mol. The van der Waals surface area contributed by atoms with Gasteiger partial charge in [0.25, 0.3) is 0 Å². The number of thiocarbonyl (C=S) groups is 1. The first kappa shape index (κ1) is 20.3. The number of rotatable bonds is 5. The minimum Gasteiger partial charge on any atom is -0.352 e. The highest BCUT2D eigenvalue weighted by Crippen LogP contribution is 2.41. The standard InChI is InChI=1S/C25H24N6S/c1-17-15-20(18(2)31(17)22-11-5-8-14-28-22)24-23(21-10-4-7-13-27-21)29-25(32)30(24)16-19-9-3-6-12-26-19/h3-15,23-24H,16H2,1-2H3,(H,29,32)/t23-,24-/m1/s1. The number of nitrogens with zero attached hydrogens (tertiary/aromatic N) is 5. The van der Waals surface area contributed by atoms with Crippen molar-refractivity contribution in [2.75, 3.05) is 0 Å². The van der Waals surface area contributed by atoms with Crippen LogP contribution in [0, 0.1) is 13.8 Å². The maximum absolute atomic E-state index is 5.81. The zero-order valence-electron chi connectivity index (χ0n) is 18.0. The molecule has 1 aliphatic heterocycles. The summed E-state index contributed by atoms with van der Waals surface area (Å²) in [7, 11) is 0. The van der Waals surface area contributed by atoms with Gasteiger partial charge in [0.2, 0.25) is 0 Å². The fourth-order valence-corrected chi connectivity index (χ4v) is 4.81. The number of hydrogen-bond acceptors (Lipinski definition) is 4. The summed E-state index contributed by atoms with van der Waals surface area (Å²) in [5, 5.41) is 4.23. The van der Waals surface area contributed by atoms with Gasteiger partial charge in [0.15, 0.2) is 5.11 Å². The molecule has 1 saturated heterocycles. The lowest BCUT2D eigenvalue weighted by molar-refractivity contribution is 0.307. The Bertz CT molecular complexity index is 1220. The Morgan fingerprint density at radius 3 is 2.28 bits per heavy atom. The van der Waals surface area contributed by atoms with E-state index in [0.29, 0.717) is 11.7 Å². The summed E-state index contributed by atoms with van der Waals surface area (Å²) in [6, 6.07) is 20.1. The van der Waals surface area contributed by atoms with Gasteiger partial charge in [-0.2, -0.15) is 0 Å². The van der Waals surface area contributed by atoms with E-state index >= 15 is 0 Å². The number of aromatic nitrogens is 4. The van der Waals surface area contributed by atoms with Crippen LogP contribution in [0.3, 0.4) is 0 Å². The van der Waals surface area contributed by atoms with Gasteiger partial charge in [-0.3, -0.25) is 9.97 Å². The Morgan fingerprint density at radius 2 is 1.62 bits per heavy atom. The van der Waals surface area contributed by atoms with E-state index in [9.17, 15) is 0 Å². The molecule has 4 aromatic heterocycles. The SMILES string of the molecule is Cc1cc([C@@H]2[C@@H](c3ccccn3)NC(=S)N2Cc2ccccn2)c(C)n1-c1ccccn1. The predicted molar refractivity (Wildman–Crippen MR) is 128 cm³/mol. The quantitative estimate of drug-likeness (QED) is 0.463. The van der Waals surface area contributed by atoms with Gasteiger partial charge in [-0.15, -0.1) is 0 Å². The highest BCUT2D eigenvalue weighted by atomic mass is 32.1. The molecule has 0 unspecified atom stereocenters. The van der Waals surface area contributed by atoms with E-state index in [4.69, 9.17) is 12.2 Å². The highest BCUT2D eigenvalue weighted by molar-refractivity contribution is 7.80. The molecule has 0 radical (unpaired) electrons. The van der Waals surface area contributed by atoms with Crippen molar-refractivity contribution in [3.05, 3.63) is 108 Å². The molecule has 7 heteroatoms. The molecule has 2 atom stereocenters. The van der Waals surface area contributed by atoms with E-state index < -0.39 is 0 Å². The molecular formula is C25H24N6S. The summed E-state index contributed by atoms with van der Waals surface area (Å²) in [4.78, 5) is 16.0. The van der Waals surface area contributed by atoms with Gasteiger partial charge in [0.1, 0.15) is 5.82 Å². The molecule has 32 heavy (non-hydrogen) atoms. The third kappa shape index (κ3) is 3.65. The zero-order chi connectivity index (χ0) is 22.1. The summed E-state index contributed by atoms with van der Waals surface area (Å²) in [6.07, 6.45) is 5.47. The Kier molecular flexibility index (Phi) is 5.41. The molecule has 0 saturated carbocycles. The normalized spacial score (nSPS) is 18.1. The van der Waals surface area contributed by atoms with E-state index in [2.05, 4.69) is 55.7 Å². The van der Waals surface area contributed by atoms with Crippen molar-refractivity contribution < 1.29 is 0 Å². The minimum absolute atomic E-state index is 0.0249. The average Bonchev–Trinajstić information content (AvgIpc) is 3.30. The van der Waals surface area contributed by atoms with Gasteiger partial charge in [0.05, 0.1) is 30.0 Å². The Morgan fingerprint density at radius 1 is 0.906 bits per heavy atom. The van der Waals surface area contributed by atoms with E-state index in [-0.39, 0.29) is 12.1 Å². The Hall–Kier alpha value is -3.58. The topological polar surface area (TPSA) is 58.9 Å². The van der Waals surface area contributed by atoms with Crippen molar-refractivity contribution in [3.63, 3.8) is 0 Å². The molecule has 160 valence electrons. The van der Waals surface area contributed by atoms with Crippen molar-refractivity contribution in [2.24, 2.45) is 0 Å². The van der Waals surface area contributed by atoms with Crippen LogP contribution in [0.1, 0.15) is 40.4 Å². The van der Waals surface area contributed by atoms with E-state index in [1.54, 1.807) is 0 Å². The minimum atomic E-state index is -0.0647. The third-order valence-electron chi connectivity index (χ3n) is 5.92. The van der Waals surface area contributed by atoms with Gasteiger partial charge < -0.3 is 14.8 Å². The number of hydrogen-bond donors (Lipinski definition) is 1. The maximum atomic E-state index is 5.81. The van der Waals surface area contributed by atoms with Crippen LogP contribution < -0.4 is 5.32 Å². The molecule has 1 N–H and O–H groups in total. The van der Waals surface area contributed by atoms with E-state index in [0.717, 1.165) is 28.6 Å². The van der Waals surface area contributed by atoms with Gasteiger partial charge in [-0.25, -0.2) is 4.98 Å². The molecule has 5 rings (SSSR count). The smallest absolute Gasteiger partial charge is 0.170 e. The second-order valence-corrected chi connectivity index (χ2v) is 8.31. The van der Waals surface area contributed by atoms with Crippen LogP contribution in [-0.4, -0.2) is 29.5 Å². The predicted octanol–water partition coefficient (Wildman–Crippen LogP) is 4.45. The van der Waals surface area contributed by atoms with Crippen molar-refractivity contribution in [1.29, 1.82) is 0 Å². The molecule has 0 aromatic carbocycles. The van der Waals surface area contributed by atoms with Crippen LogP contribution >= 0.6 is 12.2 Å². The van der Waals surface area contributed by atoms with Crippen LogP contribution in [0.4, 0.5) is 0 Å². The summed E-state index contributed by atoms with van der Waals surface area (Å²) >= 11 is 5.81. The molecule has 4 aromatic rings. The molecule has 1 aliphatic rings. The molecule has 1 fully saturated rings. The van der Waals surface area contributed by atoms with Crippen LogP contribution in [0.2, 0.25) is 0 Å². The third-order valence-corrected chi connectivity index (χ3v) is 6.28. The number of nitrogens with one attached hydrogen (secondary N) is 1. The maximum Gasteiger partial charge on any atom is 0.170 e. The lowest BCUT2D eigenvalue weighted by atomic mass is 9.96. The van der Waals surface area contributed by atoms with Crippen molar-refractivity contribution in [3.8, 4) is 5.82 Å². The van der Waals surface area contributed by atoms with Crippen molar-refractivity contribution in [2.45, 2.75) is 32.5 Å². The van der Waals surface area contributed by atoms with Gasteiger partial charge >= 0.3 is 0 Å². The average molecular weight is 441 g/mol. The first-order valence-electron chi connectivity index (χ1n) is 10.6. The largest absolute Gasteiger partial charge is 0.352 e. The van der Waals surface area contributed by atoms with Crippen LogP contribution in [0.15, 0.2) is 79.3 Å².